The van der Waals surface area contributed by atoms with Crippen LogP contribution >= 0.6 is 0 Å². The van der Waals surface area contributed by atoms with Gasteiger partial charge >= 0.3 is 18.1 Å². The van der Waals surface area contributed by atoms with E-state index in [1.165, 1.54) is 0 Å². The van der Waals surface area contributed by atoms with Crippen LogP contribution in [-0.4, -0.2) is 37.8 Å². The molecule has 0 unspecified atom stereocenters. The van der Waals surface area contributed by atoms with Gasteiger partial charge in [0.25, 0.3) is 0 Å². The second-order valence-electron chi connectivity index (χ2n) is 5.86. The molecule has 8 heteroatoms. The summed E-state index contributed by atoms with van der Waals surface area (Å²) in [7, 11) is 0. The van der Waals surface area contributed by atoms with Gasteiger partial charge in [-0.3, -0.25) is 4.79 Å². The van der Waals surface area contributed by atoms with Crippen molar-refractivity contribution in [2.45, 2.75) is 32.9 Å². The molecule has 1 rings (SSSR count). The van der Waals surface area contributed by atoms with E-state index in [-0.39, 0.29) is 13.0 Å². The van der Waals surface area contributed by atoms with Crippen LogP contribution in [-0.2, 0) is 20.7 Å². The fourth-order valence-corrected chi connectivity index (χ4v) is 1.78. The van der Waals surface area contributed by atoms with E-state index in [0.29, 0.717) is 25.5 Å². The van der Waals surface area contributed by atoms with Crippen LogP contribution in [0.25, 0.3) is 0 Å². The molecule has 140 valence electrons. The number of ether oxygens (including phenoxy) is 2. The van der Waals surface area contributed by atoms with Crippen LogP contribution in [0.4, 0.5) is 13.2 Å². The summed E-state index contributed by atoms with van der Waals surface area (Å²) in [6.07, 6.45) is -4.79. The Morgan fingerprint density at radius 3 is 2.32 bits per heavy atom. The molecule has 1 aromatic carbocycles. The average molecular weight is 361 g/mol. The Kier molecular flexibility index (Phi) is 8.40. The van der Waals surface area contributed by atoms with Gasteiger partial charge in [-0.15, -0.1) is 0 Å². The molecule has 5 nitrogen and oxygen atoms in total. The Bertz CT molecular complexity index is 556. The van der Waals surface area contributed by atoms with Crippen molar-refractivity contribution in [2.24, 2.45) is 5.92 Å². The zero-order valence-corrected chi connectivity index (χ0v) is 14.2. The largest absolute Gasteiger partial charge is 0.493 e. The first kappa shape index (κ1) is 21.0. The molecule has 0 heterocycles. The monoisotopic (exact) mass is 361 g/mol. The van der Waals surface area contributed by atoms with E-state index in [9.17, 15) is 22.8 Å². The minimum absolute atomic E-state index is 0.125. The molecule has 1 aromatic rings. The Hall–Kier alpha value is -2.09. The highest BCUT2D eigenvalue weighted by Gasteiger charge is 2.42. The number of carbonyl (C=O) groups excluding carboxylic acids is 2. The van der Waals surface area contributed by atoms with Gasteiger partial charge in [-0.05, 0) is 36.6 Å². The Labute approximate surface area is 144 Å². The molecule has 0 aliphatic carbocycles. The predicted octanol–water partition coefficient (Wildman–Crippen LogP) is 2.88. The van der Waals surface area contributed by atoms with Gasteiger partial charge in [-0.1, -0.05) is 26.0 Å². The molecule has 0 radical (unpaired) electrons. The van der Waals surface area contributed by atoms with Gasteiger partial charge in [-0.25, -0.2) is 4.79 Å². The maximum Gasteiger partial charge on any atom is 0.491 e. The van der Waals surface area contributed by atoms with Crippen molar-refractivity contribution >= 4 is 11.9 Å². The van der Waals surface area contributed by atoms with Crippen molar-refractivity contribution in [1.82, 2.24) is 5.32 Å². The zero-order chi connectivity index (χ0) is 18.9. The average Bonchev–Trinajstić information content (AvgIpc) is 2.52. The van der Waals surface area contributed by atoms with Gasteiger partial charge in [0.1, 0.15) is 5.75 Å². The van der Waals surface area contributed by atoms with Gasteiger partial charge in [0.15, 0.2) is 0 Å². The summed E-state index contributed by atoms with van der Waals surface area (Å²) in [5.41, 5.74) is 1.05. The van der Waals surface area contributed by atoms with Crippen molar-refractivity contribution in [3.63, 3.8) is 0 Å². The maximum atomic E-state index is 11.9. The summed E-state index contributed by atoms with van der Waals surface area (Å²) in [6.45, 7) is 5.43. The van der Waals surface area contributed by atoms with E-state index in [2.05, 4.69) is 23.9 Å². The molecule has 0 aliphatic heterocycles. The third-order valence-electron chi connectivity index (χ3n) is 3.04. The van der Waals surface area contributed by atoms with Crippen LogP contribution in [0.2, 0.25) is 0 Å². The molecule has 0 fully saturated rings. The summed E-state index contributed by atoms with van der Waals surface area (Å²) in [5, 5.41) is 2.91. The number of hydrogen-bond acceptors (Lipinski definition) is 5. The first-order chi connectivity index (χ1) is 11.7. The number of hydrogen-bond donors (Lipinski definition) is 1. The van der Waals surface area contributed by atoms with Gasteiger partial charge in [0, 0.05) is 6.54 Å². The number of alkyl halides is 3. The first-order valence-electron chi connectivity index (χ1n) is 7.92. The molecule has 0 aromatic heterocycles. The first-order valence-corrected chi connectivity index (χ1v) is 7.92. The SMILES string of the molecule is CC(C)COc1ccc(CCNCCC(=O)OC(=O)C(F)(F)F)cc1. The van der Waals surface area contributed by atoms with E-state index in [1.807, 2.05) is 24.3 Å². The van der Waals surface area contributed by atoms with Crippen molar-refractivity contribution in [3.05, 3.63) is 29.8 Å². The number of carbonyl (C=O) groups is 2. The van der Waals surface area contributed by atoms with Crippen molar-refractivity contribution in [2.75, 3.05) is 19.7 Å². The number of halogens is 3. The predicted molar refractivity (Wildman–Crippen MR) is 85.1 cm³/mol. The summed E-state index contributed by atoms with van der Waals surface area (Å²) in [6, 6.07) is 7.59. The molecular weight excluding hydrogens is 339 g/mol. The highest BCUT2D eigenvalue weighted by molar-refractivity contribution is 5.88. The van der Waals surface area contributed by atoms with Crippen LogP contribution in [0.5, 0.6) is 5.75 Å². The lowest BCUT2D eigenvalue weighted by Gasteiger charge is -2.09. The summed E-state index contributed by atoms with van der Waals surface area (Å²) in [4.78, 5) is 21.5. The van der Waals surface area contributed by atoms with Crippen LogP contribution in [0.3, 0.4) is 0 Å². The Balaban J connectivity index is 2.19. The second kappa shape index (κ2) is 10.0. The second-order valence-corrected chi connectivity index (χ2v) is 5.86. The Morgan fingerprint density at radius 1 is 1.12 bits per heavy atom. The summed E-state index contributed by atoms with van der Waals surface area (Å²) < 4.78 is 45.0. The smallest absolute Gasteiger partial charge is 0.491 e. The molecule has 1 N–H and O–H groups in total. The van der Waals surface area contributed by atoms with Crippen molar-refractivity contribution < 1.29 is 32.2 Å². The molecule has 0 aliphatic rings. The lowest BCUT2D eigenvalue weighted by atomic mass is 10.1. The maximum absolute atomic E-state index is 11.9. The third kappa shape index (κ3) is 9.09. The summed E-state index contributed by atoms with van der Waals surface area (Å²) in [5.74, 6) is -2.46. The quantitative estimate of drug-likeness (QED) is 0.416. The van der Waals surface area contributed by atoms with E-state index in [4.69, 9.17) is 4.74 Å². The fourth-order valence-electron chi connectivity index (χ4n) is 1.78. The summed E-state index contributed by atoms with van der Waals surface area (Å²) >= 11 is 0. The molecule has 0 bridgehead atoms. The van der Waals surface area contributed by atoms with Crippen molar-refractivity contribution in [1.29, 1.82) is 0 Å². The molecule has 0 saturated carbocycles. The fraction of sp³-hybridized carbons (Fsp3) is 0.529. The zero-order valence-electron chi connectivity index (χ0n) is 14.2. The van der Waals surface area contributed by atoms with Crippen LogP contribution < -0.4 is 10.1 Å². The lowest BCUT2D eigenvalue weighted by Crippen LogP contribution is -2.29. The minimum Gasteiger partial charge on any atom is -0.493 e. The van der Waals surface area contributed by atoms with Crippen LogP contribution in [0.1, 0.15) is 25.8 Å². The van der Waals surface area contributed by atoms with E-state index in [1.54, 1.807) is 0 Å². The Morgan fingerprint density at radius 2 is 1.76 bits per heavy atom. The number of benzene rings is 1. The third-order valence-corrected chi connectivity index (χ3v) is 3.04. The topological polar surface area (TPSA) is 64.6 Å². The van der Waals surface area contributed by atoms with E-state index < -0.39 is 18.1 Å². The highest BCUT2D eigenvalue weighted by Crippen LogP contribution is 2.16. The lowest BCUT2D eigenvalue weighted by molar-refractivity contribution is -0.201. The molecule has 0 atom stereocenters. The standard InChI is InChI=1S/C17H22F3NO4/c1-12(2)11-24-14-5-3-13(4-6-14)7-9-21-10-8-15(22)25-16(23)17(18,19)20/h3-6,12,21H,7-11H2,1-2H3. The number of esters is 2. The molecule has 25 heavy (non-hydrogen) atoms. The van der Waals surface area contributed by atoms with Crippen LogP contribution in [0.15, 0.2) is 24.3 Å². The molecule has 0 spiro atoms. The highest BCUT2D eigenvalue weighted by atomic mass is 19.4. The molecule has 0 saturated heterocycles. The van der Waals surface area contributed by atoms with Crippen molar-refractivity contribution in [3.8, 4) is 5.75 Å². The van der Waals surface area contributed by atoms with E-state index >= 15 is 0 Å². The molecule has 0 amide bonds. The van der Waals surface area contributed by atoms with E-state index in [0.717, 1.165) is 11.3 Å². The molecular formula is C17H22F3NO4. The van der Waals surface area contributed by atoms with Gasteiger partial charge in [0.2, 0.25) is 0 Å². The van der Waals surface area contributed by atoms with Gasteiger partial charge < -0.3 is 14.8 Å². The van der Waals surface area contributed by atoms with Crippen LogP contribution in [0, 0.1) is 5.92 Å². The van der Waals surface area contributed by atoms with Gasteiger partial charge in [0.05, 0.1) is 13.0 Å². The minimum atomic E-state index is -5.16. The normalized spacial score (nSPS) is 11.4. The number of nitrogens with one attached hydrogen (secondary N) is 1. The number of rotatable bonds is 9. The van der Waals surface area contributed by atoms with Gasteiger partial charge in [-0.2, -0.15) is 13.2 Å².